The van der Waals surface area contributed by atoms with Crippen molar-refractivity contribution in [2.75, 3.05) is 12.9 Å². The average molecular weight is 372 g/mol. The number of carbonyl (C=O) groups is 2. The lowest BCUT2D eigenvalue weighted by Crippen LogP contribution is -2.14. The molecular weight excluding hydrogens is 352 g/mol. The molecule has 3 rings (SSSR count). The highest BCUT2D eigenvalue weighted by Crippen LogP contribution is 2.38. The molecule has 5 nitrogen and oxygen atoms in total. The molecule has 0 aliphatic carbocycles. The number of fused-ring (bicyclic) bond motifs is 1. The zero-order chi connectivity index (χ0) is 19.0. The Morgan fingerprint density at radius 2 is 1.92 bits per heavy atom. The molecule has 0 fully saturated rings. The van der Waals surface area contributed by atoms with Gasteiger partial charge in [0.2, 0.25) is 0 Å². The molecule has 1 N–H and O–H groups in total. The maximum Gasteiger partial charge on any atom is 0.310 e. The van der Waals surface area contributed by atoms with Gasteiger partial charge in [0.1, 0.15) is 12.0 Å². The normalized spacial score (nSPS) is 15.1. The third-order valence-electron chi connectivity index (χ3n) is 4.79. The van der Waals surface area contributed by atoms with Crippen LogP contribution in [0.15, 0.2) is 35.2 Å². The van der Waals surface area contributed by atoms with Gasteiger partial charge in [-0.25, -0.2) is 0 Å². The van der Waals surface area contributed by atoms with Gasteiger partial charge in [-0.15, -0.1) is 0 Å². The maximum absolute atomic E-state index is 13.1. The number of carbonyl (C=O) groups excluding carboxylic acids is 1. The van der Waals surface area contributed by atoms with Gasteiger partial charge in [0.05, 0.1) is 18.1 Å². The highest BCUT2D eigenvalue weighted by molar-refractivity contribution is 7.90. The minimum atomic E-state index is -1.12. The van der Waals surface area contributed by atoms with Crippen LogP contribution in [0.2, 0.25) is 0 Å². The molecular formula is C20H20O5S. The molecule has 2 aromatic carbocycles. The van der Waals surface area contributed by atoms with Crippen molar-refractivity contribution in [3.05, 3.63) is 58.1 Å². The fraction of sp³-hybridized carbons (Fsp3) is 0.300. The van der Waals surface area contributed by atoms with Gasteiger partial charge in [0, 0.05) is 12.0 Å². The van der Waals surface area contributed by atoms with Crippen molar-refractivity contribution >= 4 is 22.9 Å². The first-order valence-electron chi connectivity index (χ1n) is 8.31. The van der Waals surface area contributed by atoms with Crippen LogP contribution >= 0.6 is 0 Å². The molecule has 0 spiro atoms. The first-order valence-corrected chi connectivity index (χ1v) is 9.87. The van der Waals surface area contributed by atoms with Crippen molar-refractivity contribution in [3.8, 4) is 5.75 Å². The lowest BCUT2D eigenvalue weighted by Gasteiger charge is -2.17. The summed E-state index contributed by atoms with van der Waals surface area (Å²) in [6.07, 6.45) is 2.24. The molecule has 0 bridgehead atoms. The predicted molar refractivity (Wildman–Crippen MR) is 98.6 cm³/mol. The first kappa shape index (κ1) is 18.5. The second-order valence-electron chi connectivity index (χ2n) is 6.42. The minimum absolute atomic E-state index is 0.214. The topological polar surface area (TPSA) is 86.7 Å². The first-order chi connectivity index (χ1) is 12.3. The van der Waals surface area contributed by atoms with E-state index in [1.54, 1.807) is 44.4 Å². The van der Waals surface area contributed by atoms with Crippen molar-refractivity contribution in [1.82, 2.24) is 0 Å². The van der Waals surface area contributed by atoms with Crippen molar-refractivity contribution < 1.29 is 24.0 Å². The molecule has 0 saturated carbocycles. The van der Waals surface area contributed by atoms with Crippen LogP contribution in [0.25, 0.3) is 0 Å². The fourth-order valence-corrected chi connectivity index (χ4v) is 3.77. The second kappa shape index (κ2) is 7.13. The number of hydrogen-bond donors (Lipinski definition) is 1. The highest BCUT2D eigenvalue weighted by Gasteiger charge is 2.29. The van der Waals surface area contributed by atoms with Crippen LogP contribution in [0.5, 0.6) is 5.75 Å². The highest BCUT2D eigenvalue weighted by atomic mass is 32.2. The molecule has 2 aromatic rings. The van der Waals surface area contributed by atoms with Crippen LogP contribution in [0.1, 0.15) is 45.5 Å². The number of carboxylic acid groups (broad SMARTS) is 1. The quantitative estimate of drug-likeness (QED) is 0.644. The van der Waals surface area contributed by atoms with Gasteiger partial charge in [-0.2, -0.15) is 0 Å². The number of hydrogen-bond acceptors (Lipinski definition) is 4. The number of benzene rings is 2. The second-order valence-corrected chi connectivity index (χ2v) is 7.80. The molecule has 0 aromatic heterocycles. The molecule has 2 atom stereocenters. The fourth-order valence-electron chi connectivity index (χ4n) is 3.25. The summed E-state index contributed by atoms with van der Waals surface area (Å²) in [5.74, 6) is -1.30. The molecule has 136 valence electrons. The molecule has 0 amide bonds. The lowest BCUT2D eigenvalue weighted by atomic mass is 9.87. The van der Waals surface area contributed by atoms with E-state index in [-0.39, 0.29) is 5.78 Å². The molecule has 26 heavy (non-hydrogen) atoms. The summed E-state index contributed by atoms with van der Waals surface area (Å²) in [6.45, 7) is 3.86. The Kier molecular flexibility index (Phi) is 5.07. The van der Waals surface area contributed by atoms with Gasteiger partial charge < -0.3 is 14.4 Å². The molecule has 6 heteroatoms. The van der Waals surface area contributed by atoms with Gasteiger partial charge in [0.25, 0.3) is 0 Å². The lowest BCUT2D eigenvalue weighted by molar-refractivity contribution is -0.138. The summed E-state index contributed by atoms with van der Waals surface area (Å²) >= 11 is -1.12. The van der Waals surface area contributed by atoms with E-state index in [1.807, 2.05) is 6.07 Å². The summed E-state index contributed by atoms with van der Waals surface area (Å²) in [7, 11) is 0. The summed E-state index contributed by atoms with van der Waals surface area (Å²) < 4.78 is 17.2. The molecule has 0 radical (unpaired) electrons. The van der Waals surface area contributed by atoms with Gasteiger partial charge in [0.15, 0.2) is 10.7 Å². The molecule has 2 unspecified atom stereocenters. The predicted octanol–water partition coefficient (Wildman–Crippen LogP) is 3.09. The van der Waals surface area contributed by atoms with E-state index >= 15 is 0 Å². The third kappa shape index (κ3) is 3.22. The number of ketones is 1. The Morgan fingerprint density at radius 1 is 1.27 bits per heavy atom. The Labute approximate surface area is 155 Å². The van der Waals surface area contributed by atoms with Crippen LogP contribution in [0, 0.1) is 6.92 Å². The molecule has 1 heterocycles. The van der Waals surface area contributed by atoms with E-state index in [0.29, 0.717) is 45.9 Å². The van der Waals surface area contributed by atoms with Gasteiger partial charge >= 0.3 is 5.97 Å². The average Bonchev–Trinajstić information content (AvgIpc) is 3.08. The van der Waals surface area contributed by atoms with E-state index < -0.39 is 23.1 Å². The van der Waals surface area contributed by atoms with Crippen LogP contribution in [-0.4, -0.2) is 34.3 Å². The van der Waals surface area contributed by atoms with Crippen LogP contribution in [0.3, 0.4) is 0 Å². The summed E-state index contributed by atoms with van der Waals surface area (Å²) in [5.41, 5.74) is 3.02. The van der Waals surface area contributed by atoms with Crippen LogP contribution in [0.4, 0.5) is 0 Å². The van der Waals surface area contributed by atoms with Crippen LogP contribution < -0.4 is 4.74 Å². The van der Waals surface area contributed by atoms with E-state index in [2.05, 4.69) is 0 Å². The summed E-state index contributed by atoms with van der Waals surface area (Å²) in [5, 5.41) is 9.39. The summed E-state index contributed by atoms with van der Waals surface area (Å²) in [4.78, 5) is 25.3. The van der Waals surface area contributed by atoms with Crippen molar-refractivity contribution in [2.24, 2.45) is 0 Å². The van der Waals surface area contributed by atoms with Gasteiger partial charge in [-0.3, -0.25) is 9.59 Å². The smallest absolute Gasteiger partial charge is 0.310 e. The Bertz CT molecular complexity index is 871. The largest absolute Gasteiger partial charge is 0.612 e. The monoisotopic (exact) mass is 372 g/mol. The Hall–Kier alpha value is -2.31. The van der Waals surface area contributed by atoms with Crippen molar-refractivity contribution in [2.45, 2.75) is 31.1 Å². The SMILES string of the molecule is Cc1c(C(C)C(=O)O)cc2c(c1C(=O)c1ccc([S+](C)[O-])cc1)OCC2. The van der Waals surface area contributed by atoms with Gasteiger partial charge in [-0.05, 0) is 66.0 Å². The molecule has 1 aliphatic heterocycles. The zero-order valence-corrected chi connectivity index (χ0v) is 15.7. The van der Waals surface area contributed by atoms with E-state index in [0.717, 1.165) is 5.56 Å². The third-order valence-corrected chi connectivity index (χ3v) is 5.72. The number of aliphatic carboxylic acids is 1. The standard InChI is InChI=1S/C20H20O5S/c1-11-16(12(2)20(22)23)10-14-8-9-25-19(14)17(11)18(21)13-4-6-15(7-5-13)26(3)24/h4-7,10,12H,8-9H2,1-3H3,(H,22,23). The number of carboxylic acids is 1. The van der Waals surface area contributed by atoms with E-state index in [1.165, 1.54) is 0 Å². The van der Waals surface area contributed by atoms with E-state index in [4.69, 9.17) is 4.74 Å². The molecule has 0 saturated heterocycles. The molecule has 1 aliphatic rings. The van der Waals surface area contributed by atoms with E-state index in [9.17, 15) is 19.2 Å². The van der Waals surface area contributed by atoms with Crippen molar-refractivity contribution in [3.63, 3.8) is 0 Å². The Morgan fingerprint density at radius 3 is 2.50 bits per heavy atom. The maximum atomic E-state index is 13.1. The number of ether oxygens (including phenoxy) is 1. The summed E-state index contributed by atoms with van der Waals surface area (Å²) in [6, 6.07) is 8.48. The minimum Gasteiger partial charge on any atom is -0.612 e. The van der Waals surface area contributed by atoms with Crippen molar-refractivity contribution in [1.29, 1.82) is 0 Å². The van der Waals surface area contributed by atoms with Crippen LogP contribution in [-0.2, 0) is 22.4 Å². The Balaban J connectivity index is 2.11. The van der Waals surface area contributed by atoms with Gasteiger partial charge in [-0.1, -0.05) is 6.07 Å². The number of rotatable bonds is 5. The zero-order valence-electron chi connectivity index (χ0n) is 14.9.